The van der Waals surface area contributed by atoms with E-state index < -0.39 is 23.8 Å². The molecule has 0 fully saturated rings. The molecule has 1 amide bonds. The van der Waals surface area contributed by atoms with Crippen LogP contribution in [0.2, 0.25) is 0 Å². The van der Waals surface area contributed by atoms with Gasteiger partial charge in [-0.1, -0.05) is 0 Å². The molecule has 3 aromatic rings. The molecule has 2 aromatic heterocycles. The molecule has 0 saturated heterocycles. The number of benzene rings is 1. The Morgan fingerprint density at radius 1 is 1.31 bits per heavy atom. The molecule has 1 aromatic carbocycles. The first-order valence-electron chi connectivity index (χ1n) is 8.51. The highest BCUT2D eigenvalue weighted by molar-refractivity contribution is 7.15. The van der Waals surface area contributed by atoms with Gasteiger partial charge in [-0.3, -0.25) is 4.79 Å². The molecule has 0 spiro atoms. The molecule has 10 heteroatoms. The number of aliphatic hydroxyl groups excluding tert-OH is 1. The zero-order valence-electron chi connectivity index (χ0n) is 15.2. The van der Waals surface area contributed by atoms with Crippen molar-refractivity contribution in [2.45, 2.75) is 19.2 Å². The summed E-state index contributed by atoms with van der Waals surface area (Å²) in [5, 5.41) is 13.1. The van der Waals surface area contributed by atoms with Crippen molar-refractivity contribution in [1.82, 2.24) is 10.3 Å². The molecule has 29 heavy (non-hydrogen) atoms. The molecule has 0 aliphatic heterocycles. The van der Waals surface area contributed by atoms with Crippen LogP contribution >= 0.6 is 11.3 Å². The van der Waals surface area contributed by atoms with Crippen molar-refractivity contribution in [2.24, 2.45) is 0 Å². The van der Waals surface area contributed by atoms with Crippen LogP contribution in [-0.4, -0.2) is 35.3 Å². The third-order valence-corrected chi connectivity index (χ3v) is 4.85. The van der Waals surface area contributed by atoms with E-state index in [2.05, 4.69) is 10.3 Å². The van der Waals surface area contributed by atoms with Crippen LogP contribution < -0.4 is 10.1 Å². The normalized spacial score (nSPS) is 12.6. The molecule has 3 rings (SSSR count). The molecule has 0 saturated carbocycles. The third-order valence-electron chi connectivity index (χ3n) is 3.87. The van der Waals surface area contributed by atoms with Gasteiger partial charge in [-0.2, -0.15) is 13.2 Å². The van der Waals surface area contributed by atoms with E-state index in [1.807, 2.05) is 0 Å². The van der Waals surface area contributed by atoms with Crippen LogP contribution in [0, 0.1) is 6.92 Å². The number of hydrogen-bond donors (Lipinski definition) is 2. The van der Waals surface area contributed by atoms with Gasteiger partial charge >= 0.3 is 6.18 Å². The second-order valence-electron chi connectivity index (χ2n) is 6.10. The predicted molar refractivity (Wildman–Crippen MR) is 99.8 cm³/mol. The molecule has 0 aliphatic carbocycles. The summed E-state index contributed by atoms with van der Waals surface area (Å²) in [6.07, 6.45) is -3.96. The average Bonchev–Trinajstić information content (AvgIpc) is 3.33. The Hall–Kier alpha value is -2.85. The Morgan fingerprint density at radius 2 is 2.03 bits per heavy atom. The minimum atomic E-state index is -4.42. The number of carbonyl (C=O) groups excluding carboxylic acids is 1. The second-order valence-corrected chi connectivity index (χ2v) is 7.30. The molecule has 1 unspecified atom stereocenters. The van der Waals surface area contributed by atoms with Crippen LogP contribution in [0.25, 0.3) is 10.8 Å². The lowest BCUT2D eigenvalue weighted by Gasteiger charge is -2.14. The lowest BCUT2D eigenvalue weighted by atomic mass is 10.2. The van der Waals surface area contributed by atoms with Crippen molar-refractivity contribution < 1.29 is 32.2 Å². The van der Waals surface area contributed by atoms with E-state index in [1.54, 1.807) is 19.1 Å². The summed E-state index contributed by atoms with van der Waals surface area (Å²) in [5.41, 5.74) is -0.553. The topological polar surface area (TPSA) is 84.6 Å². The highest BCUT2D eigenvalue weighted by atomic mass is 32.1. The summed E-state index contributed by atoms with van der Waals surface area (Å²) >= 11 is 1.31. The largest absolute Gasteiger partial charge is 0.491 e. The zero-order valence-corrected chi connectivity index (χ0v) is 16.0. The highest BCUT2D eigenvalue weighted by Crippen LogP contribution is 2.30. The molecule has 6 nitrogen and oxygen atoms in total. The number of amides is 1. The lowest BCUT2D eigenvalue weighted by molar-refractivity contribution is -0.137. The lowest BCUT2D eigenvalue weighted by Crippen LogP contribution is -2.35. The summed E-state index contributed by atoms with van der Waals surface area (Å²) in [6, 6.07) is 7.59. The van der Waals surface area contributed by atoms with Gasteiger partial charge in [0.2, 0.25) is 0 Å². The second kappa shape index (κ2) is 8.66. The molecule has 0 aliphatic rings. The summed E-state index contributed by atoms with van der Waals surface area (Å²) in [6.45, 7) is 1.45. The number of ether oxygens (including phenoxy) is 1. The van der Waals surface area contributed by atoms with E-state index >= 15 is 0 Å². The van der Waals surface area contributed by atoms with E-state index in [1.165, 1.54) is 29.7 Å². The van der Waals surface area contributed by atoms with Crippen LogP contribution in [0.4, 0.5) is 13.2 Å². The summed E-state index contributed by atoms with van der Waals surface area (Å²) < 4.78 is 48.1. The van der Waals surface area contributed by atoms with Gasteiger partial charge in [-0.25, -0.2) is 4.98 Å². The Balaban J connectivity index is 1.49. The van der Waals surface area contributed by atoms with E-state index in [0.29, 0.717) is 15.6 Å². The van der Waals surface area contributed by atoms with Gasteiger partial charge in [0.15, 0.2) is 10.8 Å². The SMILES string of the molecule is Cc1sc(-c2ccco2)nc1C(=O)NCC(O)COc1ccc(C(F)(F)F)cc1. The van der Waals surface area contributed by atoms with Gasteiger partial charge < -0.3 is 19.6 Å². The first kappa shape index (κ1) is 20.9. The Labute approximate surface area is 168 Å². The monoisotopic (exact) mass is 426 g/mol. The van der Waals surface area contributed by atoms with Crippen molar-refractivity contribution in [3.63, 3.8) is 0 Å². The van der Waals surface area contributed by atoms with Crippen LogP contribution in [0.3, 0.4) is 0 Å². The maximum absolute atomic E-state index is 12.5. The predicted octanol–water partition coefficient (Wildman–Crippen LogP) is 3.90. The number of aromatic nitrogens is 1. The van der Waals surface area contributed by atoms with E-state index in [4.69, 9.17) is 9.15 Å². The van der Waals surface area contributed by atoms with Crippen molar-refractivity contribution >= 4 is 17.2 Å². The summed E-state index contributed by atoms with van der Waals surface area (Å²) in [4.78, 5) is 17.3. The quantitative estimate of drug-likeness (QED) is 0.599. The summed E-state index contributed by atoms with van der Waals surface area (Å²) in [5.74, 6) is 0.286. The van der Waals surface area contributed by atoms with Crippen molar-refractivity contribution in [3.8, 4) is 16.5 Å². The molecule has 2 N–H and O–H groups in total. The van der Waals surface area contributed by atoms with Crippen LogP contribution in [-0.2, 0) is 6.18 Å². The number of nitrogens with one attached hydrogen (secondary N) is 1. The first-order valence-corrected chi connectivity index (χ1v) is 9.33. The minimum absolute atomic E-state index is 0.105. The fourth-order valence-corrected chi connectivity index (χ4v) is 3.28. The van der Waals surface area contributed by atoms with Crippen LogP contribution in [0.5, 0.6) is 5.75 Å². The number of halogens is 3. The van der Waals surface area contributed by atoms with Gasteiger partial charge in [-0.05, 0) is 43.3 Å². The number of carbonyl (C=O) groups is 1. The number of rotatable bonds is 7. The standard InChI is InChI=1S/C19H17F3N2O4S/c1-11-16(24-18(29-11)15-3-2-8-27-15)17(26)23-9-13(25)10-28-14-6-4-12(5-7-14)19(20,21)22/h2-8,13,25H,9-10H2,1H3,(H,23,26). The maximum Gasteiger partial charge on any atom is 0.416 e. The van der Waals surface area contributed by atoms with E-state index in [0.717, 1.165) is 12.1 Å². The van der Waals surface area contributed by atoms with E-state index in [9.17, 15) is 23.1 Å². The number of thiazole rings is 1. The van der Waals surface area contributed by atoms with Crippen molar-refractivity contribution in [1.29, 1.82) is 0 Å². The van der Waals surface area contributed by atoms with Crippen molar-refractivity contribution in [2.75, 3.05) is 13.2 Å². The highest BCUT2D eigenvalue weighted by Gasteiger charge is 2.30. The van der Waals surface area contributed by atoms with Gasteiger partial charge in [-0.15, -0.1) is 11.3 Å². The maximum atomic E-state index is 12.5. The zero-order chi connectivity index (χ0) is 21.0. The summed E-state index contributed by atoms with van der Waals surface area (Å²) in [7, 11) is 0. The van der Waals surface area contributed by atoms with E-state index in [-0.39, 0.29) is 24.6 Å². The Morgan fingerprint density at radius 3 is 2.66 bits per heavy atom. The molecular formula is C19H17F3N2O4S. The number of aliphatic hydroxyl groups is 1. The van der Waals surface area contributed by atoms with Gasteiger partial charge in [0.05, 0.1) is 11.8 Å². The number of nitrogens with zero attached hydrogens (tertiary/aromatic N) is 1. The number of aryl methyl sites for hydroxylation is 1. The fourth-order valence-electron chi connectivity index (χ4n) is 2.40. The molecular weight excluding hydrogens is 409 g/mol. The molecule has 0 radical (unpaired) electrons. The Kier molecular flexibility index (Phi) is 6.23. The third kappa shape index (κ3) is 5.36. The van der Waals surface area contributed by atoms with Gasteiger partial charge in [0.1, 0.15) is 24.2 Å². The number of hydrogen-bond acceptors (Lipinski definition) is 6. The van der Waals surface area contributed by atoms with Gasteiger partial charge in [0.25, 0.3) is 5.91 Å². The minimum Gasteiger partial charge on any atom is -0.491 e. The average molecular weight is 426 g/mol. The van der Waals surface area contributed by atoms with Crippen LogP contribution in [0.1, 0.15) is 20.9 Å². The Bertz CT molecular complexity index is 953. The number of furan rings is 1. The first-order chi connectivity index (χ1) is 13.7. The molecule has 0 bridgehead atoms. The van der Waals surface area contributed by atoms with Gasteiger partial charge in [0, 0.05) is 11.4 Å². The molecule has 1 atom stereocenters. The van der Waals surface area contributed by atoms with Crippen molar-refractivity contribution in [3.05, 3.63) is 58.8 Å². The molecule has 154 valence electrons. The van der Waals surface area contributed by atoms with Crippen LogP contribution in [0.15, 0.2) is 47.1 Å². The number of alkyl halides is 3. The molecule has 2 heterocycles. The fraction of sp³-hybridized carbons (Fsp3) is 0.263. The smallest absolute Gasteiger partial charge is 0.416 e.